The molecule has 0 fully saturated rings. The summed E-state index contributed by atoms with van der Waals surface area (Å²) in [6.45, 7) is 0. The van der Waals surface area contributed by atoms with Gasteiger partial charge in [0.05, 0.1) is 45.3 Å². The van der Waals surface area contributed by atoms with Crippen molar-refractivity contribution in [2.24, 2.45) is 0 Å². The van der Waals surface area contributed by atoms with E-state index in [2.05, 4.69) is 118 Å². The van der Waals surface area contributed by atoms with E-state index in [9.17, 15) is 10.5 Å². The molecule has 2 aromatic heterocycles. The highest BCUT2D eigenvalue weighted by Gasteiger charge is 2.21. The van der Waals surface area contributed by atoms with Gasteiger partial charge < -0.3 is 9.13 Å². The lowest BCUT2D eigenvalue weighted by Crippen LogP contribution is -1.98. The van der Waals surface area contributed by atoms with Crippen molar-refractivity contribution < 1.29 is 0 Å². The zero-order valence-corrected chi connectivity index (χ0v) is 22.5. The van der Waals surface area contributed by atoms with E-state index in [1.54, 1.807) is 0 Å². The van der Waals surface area contributed by atoms with Crippen LogP contribution in [0.15, 0.2) is 133 Å². The topological polar surface area (TPSA) is 57.4 Å². The molecule has 0 N–H and O–H groups in total. The van der Waals surface area contributed by atoms with E-state index in [0.717, 1.165) is 66.1 Å². The van der Waals surface area contributed by atoms with Gasteiger partial charge in [-0.2, -0.15) is 10.5 Å². The van der Waals surface area contributed by atoms with E-state index < -0.39 is 0 Å². The third-order valence-electron chi connectivity index (χ3n) is 8.15. The number of nitriles is 2. The molecule has 4 nitrogen and oxygen atoms in total. The quantitative estimate of drug-likeness (QED) is 0.227. The van der Waals surface area contributed by atoms with E-state index in [1.807, 2.05) is 36.4 Å². The Labute approximate surface area is 242 Å². The molecule has 0 spiro atoms. The highest BCUT2D eigenvalue weighted by Crippen LogP contribution is 2.43. The van der Waals surface area contributed by atoms with E-state index >= 15 is 0 Å². The number of nitrogens with zero attached hydrogens (tertiary/aromatic N) is 4. The van der Waals surface area contributed by atoms with Crippen molar-refractivity contribution in [1.29, 1.82) is 10.5 Å². The molecule has 194 valence electrons. The molecule has 8 aromatic rings. The smallest absolute Gasteiger partial charge is 0.0992 e. The average molecular weight is 535 g/mol. The van der Waals surface area contributed by atoms with Gasteiger partial charge in [-0.3, -0.25) is 0 Å². The van der Waals surface area contributed by atoms with Crippen molar-refractivity contribution in [1.82, 2.24) is 9.13 Å². The second-order valence-electron chi connectivity index (χ2n) is 10.4. The molecular formula is C38H22N4. The molecule has 0 atom stereocenters. The van der Waals surface area contributed by atoms with Crippen molar-refractivity contribution >= 4 is 43.6 Å². The summed E-state index contributed by atoms with van der Waals surface area (Å²) in [7, 11) is 0. The SMILES string of the molecule is N#Cc1cccc(-n2c3ccccc3c3cccc(-c4cccc5c6cc(C#N)ccc6n(-c6ccccc6)c45)c32)c1. The Balaban J connectivity index is 1.56. The first-order chi connectivity index (χ1) is 20.8. The number of rotatable bonds is 3. The molecule has 8 rings (SSSR count). The summed E-state index contributed by atoms with van der Waals surface area (Å²) < 4.78 is 4.59. The van der Waals surface area contributed by atoms with Gasteiger partial charge in [0.15, 0.2) is 0 Å². The number of benzene rings is 6. The highest BCUT2D eigenvalue weighted by atomic mass is 15.0. The van der Waals surface area contributed by atoms with Crippen LogP contribution < -0.4 is 0 Å². The van der Waals surface area contributed by atoms with Crippen LogP contribution in [0.25, 0.3) is 66.1 Å². The first-order valence-electron chi connectivity index (χ1n) is 13.8. The van der Waals surface area contributed by atoms with Crippen molar-refractivity contribution in [3.63, 3.8) is 0 Å². The number of hydrogen-bond acceptors (Lipinski definition) is 2. The minimum Gasteiger partial charge on any atom is -0.309 e. The Bertz CT molecular complexity index is 2430. The fraction of sp³-hybridized carbons (Fsp3) is 0. The monoisotopic (exact) mass is 534 g/mol. The second kappa shape index (κ2) is 9.24. The van der Waals surface area contributed by atoms with Gasteiger partial charge in [0.2, 0.25) is 0 Å². The number of aromatic nitrogens is 2. The second-order valence-corrected chi connectivity index (χ2v) is 10.4. The molecule has 0 aliphatic heterocycles. The molecule has 2 heterocycles. The van der Waals surface area contributed by atoms with Crippen molar-refractivity contribution in [2.75, 3.05) is 0 Å². The maximum atomic E-state index is 9.71. The molecule has 0 aliphatic rings. The molecular weight excluding hydrogens is 512 g/mol. The summed E-state index contributed by atoms with van der Waals surface area (Å²) in [5.41, 5.74) is 9.77. The average Bonchev–Trinajstić information content (AvgIpc) is 3.58. The largest absolute Gasteiger partial charge is 0.309 e. The molecule has 0 radical (unpaired) electrons. The lowest BCUT2D eigenvalue weighted by Gasteiger charge is -2.15. The minimum atomic E-state index is 0.621. The Morgan fingerprint density at radius 2 is 0.952 bits per heavy atom. The van der Waals surface area contributed by atoms with Crippen LogP contribution in [0.4, 0.5) is 0 Å². The van der Waals surface area contributed by atoms with Crippen LogP contribution in [0.5, 0.6) is 0 Å². The van der Waals surface area contributed by atoms with Crippen LogP contribution in [0.1, 0.15) is 11.1 Å². The van der Waals surface area contributed by atoms with Crippen LogP contribution >= 0.6 is 0 Å². The van der Waals surface area contributed by atoms with Gasteiger partial charge in [0.25, 0.3) is 0 Å². The van der Waals surface area contributed by atoms with Crippen LogP contribution in [-0.2, 0) is 0 Å². The maximum absolute atomic E-state index is 9.71. The molecule has 6 aromatic carbocycles. The zero-order chi connectivity index (χ0) is 28.2. The first-order valence-corrected chi connectivity index (χ1v) is 13.8. The van der Waals surface area contributed by atoms with Gasteiger partial charge in [-0.15, -0.1) is 0 Å². The Morgan fingerprint density at radius 3 is 1.69 bits per heavy atom. The van der Waals surface area contributed by atoms with Gasteiger partial charge in [0.1, 0.15) is 0 Å². The first kappa shape index (κ1) is 23.8. The van der Waals surface area contributed by atoms with E-state index in [4.69, 9.17) is 0 Å². The van der Waals surface area contributed by atoms with E-state index in [0.29, 0.717) is 11.1 Å². The summed E-state index contributed by atoms with van der Waals surface area (Å²) in [6.07, 6.45) is 0. The molecule has 0 amide bonds. The minimum absolute atomic E-state index is 0.621. The van der Waals surface area contributed by atoms with Crippen molar-refractivity contribution in [3.05, 3.63) is 145 Å². The molecule has 0 saturated heterocycles. The van der Waals surface area contributed by atoms with Crippen LogP contribution in [-0.4, -0.2) is 9.13 Å². The summed E-state index contributed by atoms with van der Waals surface area (Å²) in [6, 6.07) is 50.1. The van der Waals surface area contributed by atoms with Crippen molar-refractivity contribution in [3.8, 4) is 34.6 Å². The van der Waals surface area contributed by atoms with Gasteiger partial charge >= 0.3 is 0 Å². The van der Waals surface area contributed by atoms with Crippen molar-refractivity contribution in [2.45, 2.75) is 0 Å². The van der Waals surface area contributed by atoms with Gasteiger partial charge in [-0.25, -0.2) is 0 Å². The van der Waals surface area contributed by atoms with Crippen LogP contribution in [0.3, 0.4) is 0 Å². The molecule has 42 heavy (non-hydrogen) atoms. The third-order valence-corrected chi connectivity index (χ3v) is 8.15. The molecule has 0 aliphatic carbocycles. The fourth-order valence-corrected chi connectivity index (χ4v) is 6.42. The van der Waals surface area contributed by atoms with E-state index in [1.165, 1.54) is 0 Å². The number of para-hydroxylation sites is 4. The molecule has 0 saturated carbocycles. The summed E-state index contributed by atoms with van der Waals surface area (Å²) >= 11 is 0. The predicted molar refractivity (Wildman–Crippen MR) is 170 cm³/mol. The van der Waals surface area contributed by atoms with Gasteiger partial charge in [-0.05, 0) is 54.6 Å². The zero-order valence-electron chi connectivity index (χ0n) is 22.5. The molecule has 4 heteroatoms. The third kappa shape index (κ3) is 3.40. The normalized spacial score (nSPS) is 11.3. The fourth-order valence-electron chi connectivity index (χ4n) is 6.42. The summed E-state index contributed by atoms with van der Waals surface area (Å²) in [4.78, 5) is 0. The highest BCUT2D eigenvalue weighted by molar-refractivity contribution is 6.19. The predicted octanol–water partition coefficient (Wildman–Crippen LogP) is 9.29. The van der Waals surface area contributed by atoms with Crippen LogP contribution in [0, 0.1) is 22.7 Å². The Morgan fingerprint density at radius 1 is 0.405 bits per heavy atom. The molecule has 0 bridgehead atoms. The summed E-state index contributed by atoms with van der Waals surface area (Å²) in [5.74, 6) is 0. The Kier molecular flexibility index (Phi) is 5.22. The van der Waals surface area contributed by atoms with Gasteiger partial charge in [-0.1, -0.05) is 78.9 Å². The Hall–Kier alpha value is -6.10. The van der Waals surface area contributed by atoms with Crippen LogP contribution in [0.2, 0.25) is 0 Å². The number of fused-ring (bicyclic) bond motifs is 6. The standard InChI is InChI=1S/C38H22N4/c39-23-25-9-6-12-28(21-25)42-35-18-5-4-13-29(35)30-14-7-15-31(37(30)42)32-16-8-17-33-34-22-26(24-40)19-20-36(34)41(38(32)33)27-10-2-1-3-11-27/h1-22H. The maximum Gasteiger partial charge on any atom is 0.0992 e. The lowest BCUT2D eigenvalue weighted by molar-refractivity contribution is 1.17. The summed E-state index contributed by atoms with van der Waals surface area (Å²) in [5, 5.41) is 23.9. The number of hydrogen-bond donors (Lipinski definition) is 0. The molecule has 0 unspecified atom stereocenters. The van der Waals surface area contributed by atoms with Gasteiger partial charge in [0, 0.05) is 44.0 Å². The van der Waals surface area contributed by atoms with E-state index in [-0.39, 0.29) is 0 Å². The lowest BCUT2D eigenvalue weighted by atomic mass is 9.99.